The van der Waals surface area contributed by atoms with Crippen molar-refractivity contribution in [3.63, 3.8) is 0 Å². The summed E-state index contributed by atoms with van der Waals surface area (Å²) < 4.78 is 81.3. The third kappa shape index (κ3) is 4.38. The van der Waals surface area contributed by atoms with Gasteiger partial charge in [0.15, 0.2) is 11.5 Å². The van der Waals surface area contributed by atoms with Crippen LogP contribution in [0, 0.1) is 0 Å². The molecule has 31 heavy (non-hydrogen) atoms. The highest BCUT2D eigenvalue weighted by atomic mass is 32.2. The number of amides is 1. The second-order valence-corrected chi connectivity index (χ2v) is 7.24. The summed E-state index contributed by atoms with van der Waals surface area (Å²) >= 11 is 0.901. The number of hydrogen-bond donors (Lipinski definition) is 2. The van der Waals surface area contributed by atoms with Crippen LogP contribution in [0.25, 0.3) is 5.65 Å². The molecular formula is C17H14F6N6OS. The molecule has 0 saturated heterocycles. The minimum Gasteiger partial charge on any atom is -0.370 e. The number of carbonyl (C=O) groups is 1. The zero-order valence-electron chi connectivity index (χ0n) is 15.9. The first-order chi connectivity index (χ1) is 14.5. The Labute approximate surface area is 175 Å². The first-order valence-corrected chi connectivity index (χ1v) is 9.61. The van der Waals surface area contributed by atoms with Crippen molar-refractivity contribution in [3.05, 3.63) is 41.3 Å². The van der Waals surface area contributed by atoms with Crippen molar-refractivity contribution in [1.82, 2.24) is 19.6 Å². The van der Waals surface area contributed by atoms with Gasteiger partial charge in [-0.1, -0.05) is 13.0 Å². The highest BCUT2D eigenvalue weighted by Gasteiger charge is 2.38. The fourth-order valence-electron chi connectivity index (χ4n) is 2.78. The second-order valence-electron chi connectivity index (χ2n) is 5.98. The molecule has 0 aromatic carbocycles. The van der Waals surface area contributed by atoms with E-state index in [1.807, 2.05) is 0 Å². The van der Waals surface area contributed by atoms with E-state index < -0.39 is 40.9 Å². The van der Waals surface area contributed by atoms with Crippen LogP contribution in [0.2, 0.25) is 0 Å². The van der Waals surface area contributed by atoms with E-state index in [0.717, 1.165) is 28.3 Å². The van der Waals surface area contributed by atoms with Crippen LogP contribution >= 0.6 is 11.8 Å². The van der Waals surface area contributed by atoms with E-state index in [1.54, 1.807) is 6.92 Å². The number of nitrogens with one attached hydrogen (secondary N) is 2. The predicted molar refractivity (Wildman–Crippen MR) is 101 cm³/mol. The summed E-state index contributed by atoms with van der Waals surface area (Å²) in [6, 6.07) is 3.21. The van der Waals surface area contributed by atoms with Gasteiger partial charge in [-0.2, -0.15) is 31.4 Å². The number of halogens is 6. The summed E-state index contributed by atoms with van der Waals surface area (Å²) in [5, 5.41) is 11.1. The number of anilines is 2. The van der Waals surface area contributed by atoms with E-state index in [4.69, 9.17) is 0 Å². The summed E-state index contributed by atoms with van der Waals surface area (Å²) in [4.78, 5) is 16.8. The number of thioether (sulfide) groups is 1. The highest BCUT2D eigenvalue weighted by molar-refractivity contribution is 7.99. The van der Waals surface area contributed by atoms with Crippen molar-refractivity contribution in [3.8, 4) is 0 Å². The maximum Gasteiger partial charge on any atom is 0.431 e. The molecule has 0 radical (unpaired) electrons. The third-order valence-corrected chi connectivity index (χ3v) is 4.96. The third-order valence-electron chi connectivity index (χ3n) is 4.02. The average Bonchev–Trinajstić information content (AvgIpc) is 3.05. The number of rotatable bonds is 5. The molecular weight excluding hydrogens is 450 g/mol. The van der Waals surface area contributed by atoms with E-state index in [1.165, 1.54) is 13.1 Å². The van der Waals surface area contributed by atoms with Crippen LogP contribution in [0.5, 0.6) is 0 Å². The topological polar surface area (TPSA) is 84.2 Å². The fraction of sp³-hybridized carbons (Fsp3) is 0.294. The number of carbonyl (C=O) groups excluding carboxylic acids is 1. The quantitative estimate of drug-likeness (QED) is 0.425. The zero-order chi connectivity index (χ0) is 23.0. The maximum atomic E-state index is 13.5. The summed E-state index contributed by atoms with van der Waals surface area (Å²) in [7, 11) is 1.28. The van der Waals surface area contributed by atoms with Gasteiger partial charge in [-0.25, -0.2) is 4.98 Å². The van der Waals surface area contributed by atoms with Crippen molar-refractivity contribution in [2.24, 2.45) is 0 Å². The molecule has 0 aliphatic carbocycles. The molecule has 3 rings (SSSR count). The second kappa shape index (κ2) is 8.24. The average molecular weight is 464 g/mol. The molecule has 3 aromatic rings. The molecule has 0 aliphatic heterocycles. The monoisotopic (exact) mass is 464 g/mol. The number of imidazole rings is 1. The van der Waals surface area contributed by atoms with E-state index in [-0.39, 0.29) is 22.2 Å². The van der Waals surface area contributed by atoms with Gasteiger partial charge in [-0.3, -0.25) is 9.20 Å². The van der Waals surface area contributed by atoms with Crippen LogP contribution in [0.4, 0.5) is 37.8 Å². The Morgan fingerprint density at radius 2 is 1.87 bits per heavy atom. The fourth-order valence-corrected chi connectivity index (χ4v) is 3.65. The number of hydrogen-bond acceptors (Lipinski definition) is 6. The zero-order valence-corrected chi connectivity index (χ0v) is 16.7. The minimum atomic E-state index is -4.87. The lowest BCUT2D eigenvalue weighted by molar-refractivity contribution is -0.142. The number of nitrogens with zero attached hydrogens (tertiary/aromatic N) is 4. The molecule has 0 spiro atoms. The Kier molecular flexibility index (Phi) is 6.02. The van der Waals surface area contributed by atoms with Gasteiger partial charge >= 0.3 is 12.4 Å². The Morgan fingerprint density at radius 1 is 1.16 bits per heavy atom. The summed E-state index contributed by atoms with van der Waals surface area (Å²) in [5.74, 6) is -1.21. The Bertz CT molecular complexity index is 1130. The molecule has 3 heterocycles. The van der Waals surface area contributed by atoms with Crippen LogP contribution in [0.3, 0.4) is 0 Å². The van der Waals surface area contributed by atoms with E-state index in [2.05, 4.69) is 25.8 Å². The molecule has 14 heteroatoms. The van der Waals surface area contributed by atoms with Crippen molar-refractivity contribution < 1.29 is 31.1 Å². The van der Waals surface area contributed by atoms with Gasteiger partial charge < -0.3 is 10.6 Å². The molecule has 1 amide bonds. The van der Waals surface area contributed by atoms with Crippen LogP contribution in [0.15, 0.2) is 29.4 Å². The molecule has 0 saturated carbocycles. The number of pyridine rings is 1. The molecule has 2 N–H and O–H groups in total. The number of aromatic nitrogens is 4. The number of alkyl halides is 6. The lowest BCUT2D eigenvalue weighted by Gasteiger charge is -2.15. The molecule has 7 nitrogen and oxygen atoms in total. The number of fused-ring (bicyclic) bond motifs is 1. The van der Waals surface area contributed by atoms with Gasteiger partial charge in [0.2, 0.25) is 0 Å². The summed E-state index contributed by atoms with van der Waals surface area (Å²) in [5.41, 5.74) is -3.67. The van der Waals surface area contributed by atoms with Crippen molar-refractivity contribution in [1.29, 1.82) is 0 Å². The van der Waals surface area contributed by atoms with Crippen molar-refractivity contribution >= 4 is 34.8 Å². The highest BCUT2D eigenvalue weighted by Crippen LogP contribution is 2.38. The van der Waals surface area contributed by atoms with Gasteiger partial charge in [0.1, 0.15) is 21.9 Å². The van der Waals surface area contributed by atoms with Crippen molar-refractivity contribution in [2.75, 3.05) is 23.4 Å². The molecule has 0 bridgehead atoms. The van der Waals surface area contributed by atoms with Gasteiger partial charge in [0, 0.05) is 7.05 Å². The van der Waals surface area contributed by atoms with E-state index in [9.17, 15) is 31.1 Å². The van der Waals surface area contributed by atoms with Crippen LogP contribution in [-0.4, -0.2) is 38.3 Å². The van der Waals surface area contributed by atoms with Gasteiger partial charge in [0.25, 0.3) is 5.91 Å². The Balaban J connectivity index is 2.16. The first-order valence-electron chi connectivity index (χ1n) is 8.62. The maximum absolute atomic E-state index is 13.5. The first kappa shape index (κ1) is 22.7. The van der Waals surface area contributed by atoms with Crippen molar-refractivity contribution in [2.45, 2.75) is 24.3 Å². The molecule has 0 atom stereocenters. The van der Waals surface area contributed by atoms with Gasteiger partial charge in [0.05, 0.1) is 11.9 Å². The smallest absolute Gasteiger partial charge is 0.370 e. The molecule has 0 aliphatic rings. The van der Waals surface area contributed by atoms with Crippen LogP contribution in [-0.2, 0) is 12.4 Å². The van der Waals surface area contributed by atoms with Crippen LogP contribution < -0.4 is 10.6 Å². The SMILES string of the molecule is CCSc1c(C(=O)Nc2c(C(F)(F)F)cnnc2NC)nc2cccc(C(F)(F)F)n12. The van der Waals surface area contributed by atoms with E-state index in [0.29, 0.717) is 6.20 Å². The standard InChI is InChI=1S/C17H14F6N6OS/c1-3-31-15-12(26-10-6-4-5-9(29(10)15)17(21,22)23)14(30)27-11-8(16(18,19)20)7-25-28-13(11)24-2/h4-7H,3H2,1-2H3,(H,24,28)(H,25,27,30). The largest absolute Gasteiger partial charge is 0.431 e. The Morgan fingerprint density at radius 3 is 2.45 bits per heavy atom. The summed E-state index contributed by atoms with van der Waals surface area (Å²) in [6.07, 6.45) is -9.17. The Hall–Kier alpha value is -3.03. The summed E-state index contributed by atoms with van der Waals surface area (Å²) in [6.45, 7) is 1.65. The van der Waals surface area contributed by atoms with E-state index >= 15 is 0 Å². The predicted octanol–water partition coefficient (Wildman–Crippen LogP) is 4.57. The molecule has 0 fully saturated rings. The molecule has 3 aromatic heterocycles. The normalized spacial score (nSPS) is 12.3. The minimum absolute atomic E-state index is 0.149. The van der Waals surface area contributed by atoms with Gasteiger partial charge in [-0.15, -0.1) is 16.9 Å². The lowest BCUT2D eigenvalue weighted by Crippen LogP contribution is -2.20. The van der Waals surface area contributed by atoms with Crippen LogP contribution in [0.1, 0.15) is 28.7 Å². The molecule has 0 unspecified atom stereocenters. The molecule has 166 valence electrons. The van der Waals surface area contributed by atoms with Gasteiger partial charge in [-0.05, 0) is 17.9 Å². The lowest BCUT2D eigenvalue weighted by atomic mass is 10.2.